The van der Waals surface area contributed by atoms with Gasteiger partial charge in [-0.05, 0) is 12.5 Å². The SMILES string of the molecule is CCCC(C)N[Si](C)(C)C. The van der Waals surface area contributed by atoms with Gasteiger partial charge in [0.2, 0.25) is 0 Å². The van der Waals surface area contributed by atoms with Crippen molar-refractivity contribution in [2.45, 2.75) is 52.4 Å². The molecule has 2 heteroatoms. The Labute approximate surface area is 66.3 Å². The monoisotopic (exact) mass is 159 g/mol. The Morgan fingerprint density at radius 3 is 2.10 bits per heavy atom. The Kier molecular flexibility index (Phi) is 4.21. The lowest BCUT2D eigenvalue weighted by Crippen LogP contribution is -2.46. The molecule has 0 aromatic rings. The summed E-state index contributed by atoms with van der Waals surface area (Å²) in [5.74, 6) is 0. The highest BCUT2D eigenvalue weighted by Gasteiger charge is 2.14. The van der Waals surface area contributed by atoms with Crippen LogP contribution in [-0.4, -0.2) is 14.3 Å². The average molecular weight is 159 g/mol. The van der Waals surface area contributed by atoms with E-state index in [1.807, 2.05) is 0 Å². The maximum atomic E-state index is 3.66. The van der Waals surface area contributed by atoms with Crippen molar-refractivity contribution in [1.29, 1.82) is 0 Å². The molecule has 0 rings (SSSR count). The fourth-order valence-electron chi connectivity index (χ4n) is 1.24. The molecule has 0 aromatic heterocycles. The molecule has 0 heterocycles. The van der Waals surface area contributed by atoms with E-state index in [9.17, 15) is 0 Å². The smallest absolute Gasteiger partial charge is 0.116 e. The molecule has 0 bridgehead atoms. The third kappa shape index (κ3) is 6.30. The molecule has 1 unspecified atom stereocenters. The second kappa shape index (κ2) is 4.14. The lowest BCUT2D eigenvalue weighted by molar-refractivity contribution is 0.598. The molecule has 0 aliphatic heterocycles. The zero-order valence-corrected chi connectivity index (χ0v) is 8.99. The predicted molar refractivity (Wildman–Crippen MR) is 50.9 cm³/mol. The van der Waals surface area contributed by atoms with Gasteiger partial charge >= 0.3 is 0 Å². The first-order valence-corrected chi connectivity index (χ1v) is 7.73. The van der Waals surface area contributed by atoms with Crippen LogP contribution in [0.1, 0.15) is 26.7 Å². The van der Waals surface area contributed by atoms with Crippen molar-refractivity contribution < 1.29 is 0 Å². The quantitative estimate of drug-likeness (QED) is 0.622. The van der Waals surface area contributed by atoms with Gasteiger partial charge in [-0.1, -0.05) is 39.9 Å². The molecule has 1 N–H and O–H groups in total. The van der Waals surface area contributed by atoms with Crippen molar-refractivity contribution in [2.24, 2.45) is 0 Å². The number of nitrogens with one attached hydrogen (secondary N) is 1. The van der Waals surface area contributed by atoms with Crippen LogP contribution in [0.15, 0.2) is 0 Å². The normalized spacial score (nSPS) is 15.3. The van der Waals surface area contributed by atoms with Gasteiger partial charge < -0.3 is 4.98 Å². The molecule has 10 heavy (non-hydrogen) atoms. The van der Waals surface area contributed by atoms with Crippen LogP contribution in [0.25, 0.3) is 0 Å². The summed E-state index contributed by atoms with van der Waals surface area (Å²) in [7, 11) is -1.01. The van der Waals surface area contributed by atoms with Crippen LogP contribution in [0.4, 0.5) is 0 Å². The molecule has 0 aliphatic carbocycles. The van der Waals surface area contributed by atoms with Crippen LogP contribution >= 0.6 is 0 Å². The first-order valence-electron chi connectivity index (χ1n) is 4.23. The van der Waals surface area contributed by atoms with Crippen LogP contribution in [-0.2, 0) is 0 Å². The molecule has 62 valence electrons. The van der Waals surface area contributed by atoms with Gasteiger partial charge in [-0.3, -0.25) is 0 Å². The summed E-state index contributed by atoms with van der Waals surface area (Å²) in [6.07, 6.45) is 2.60. The zero-order valence-electron chi connectivity index (χ0n) is 7.99. The van der Waals surface area contributed by atoms with Gasteiger partial charge in [0.05, 0.1) is 0 Å². The molecule has 0 saturated carbocycles. The standard InChI is InChI=1S/C8H21NSi/c1-6-7-8(2)9-10(3,4)5/h8-9H,6-7H2,1-5H3. The van der Waals surface area contributed by atoms with Crippen LogP contribution < -0.4 is 4.98 Å². The van der Waals surface area contributed by atoms with Crippen molar-refractivity contribution >= 4 is 8.24 Å². The summed E-state index contributed by atoms with van der Waals surface area (Å²) < 4.78 is 0. The van der Waals surface area contributed by atoms with E-state index >= 15 is 0 Å². The Morgan fingerprint density at radius 1 is 1.30 bits per heavy atom. The van der Waals surface area contributed by atoms with Gasteiger partial charge in [-0.15, -0.1) is 0 Å². The molecule has 0 radical (unpaired) electrons. The molecule has 0 fully saturated rings. The fourth-order valence-corrected chi connectivity index (χ4v) is 2.87. The summed E-state index contributed by atoms with van der Waals surface area (Å²) >= 11 is 0. The van der Waals surface area contributed by atoms with Gasteiger partial charge in [0.25, 0.3) is 0 Å². The fraction of sp³-hybridized carbons (Fsp3) is 1.00. The minimum Gasteiger partial charge on any atom is -0.335 e. The second-order valence-corrected chi connectivity index (χ2v) is 8.87. The molecule has 1 nitrogen and oxygen atoms in total. The van der Waals surface area contributed by atoms with E-state index in [1.165, 1.54) is 12.8 Å². The summed E-state index contributed by atoms with van der Waals surface area (Å²) in [5.41, 5.74) is 0. The zero-order chi connectivity index (χ0) is 8.20. The van der Waals surface area contributed by atoms with Crippen LogP contribution in [0.2, 0.25) is 19.6 Å². The predicted octanol–water partition coefficient (Wildman–Crippen LogP) is 2.60. The molecule has 0 spiro atoms. The Hall–Kier alpha value is 0.177. The molecule has 1 atom stereocenters. The van der Waals surface area contributed by atoms with E-state index in [0.29, 0.717) is 0 Å². The van der Waals surface area contributed by atoms with E-state index in [2.05, 4.69) is 38.5 Å². The van der Waals surface area contributed by atoms with Crippen LogP contribution in [0.5, 0.6) is 0 Å². The van der Waals surface area contributed by atoms with Gasteiger partial charge in [0.15, 0.2) is 0 Å². The minimum atomic E-state index is -1.01. The highest BCUT2D eigenvalue weighted by atomic mass is 28.3. The van der Waals surface area contributed by atoms with Crippen molar-refractivity contribution in [3.05, 3.63) is 0 Å². The highest BCUT2D eigenvalue weighted by molar-refractivity contribution is 6.73. The molecule has 0 aliphatic rings. The molecule has 0 saturated heterocycles. The summed E-state index contributed by atoms with van der Waals surface area (Å²) in [6, 6.07) is 0.719. The van der Waals surface area contributed by atoms with E-state index in [1.54, 1.807) is 0 Å². The highest BCUT2D eigenvalue weighted by Crippen LogP contribution is 2.01. The first-order chi connectivity index (χ1) is 4.45. The second-order valence-electron chi connectivity index (χ2n) is 4.08. The van der Waals surface area contributed by atoms with E-state index < -0.39 is 8.24 Å². The van der Waals surface area contributed by atoms with Gasteiger partial charge in [-0.2, -0.15) is 0 Å². The lowest BCUT2D eigenvalue weighted by atomic mass is 10.2. The number of rotatable bonds is 4. The lowest BCUT2D eigenvalue weighted by Gasteiger charge is -2.23. The minimum absolute atomic E-state index is 0.719. The van der Waals surface area contributed by atoms with Crippen molar-refractivity contribution in [2.75, 3.05) is 0 Å². The summed E-state index contributed by atoms with van der Waals surface area (Å²) in [4.78, 5) is 3.66. The average Bonchev–Trinajstić information content (AvgIpc) is 1.59. The largest absolute Gasteiger partial charge is 0.335 e. The Balaban J connectivity index is 3.47. The van der Waals surface area contributed by atoms with E-state index in [-0.39, 0.29) is 0 Å². The van der Waals surface area contributed by atoms with Crippen molar-refractivity contribution in [3.63, 3.8) is 0 Å². The van der Waals surface area contributed by atoms with Gasteiger partial charge in [0.1, 0.15) is 8.24 Å². The van der Waals surface area contributed by atoms with Gasteiger partial charge in [0, 0.05) is 0 Å². The molecule has 0 aromatic carbocycles. The van der Waals surface area contributed by atoms with Crippen LogP contribution in [0, 0.1) is 0 Å². The maximum Gasteiger partial charge on any atom is 0.116 e. The third-order valence-electron chi connectivity index (χ3n) is 1.40. The van der Waals surface area contributed by atoms with Crippen molar-refractivity contribution in [3.8, 4) is 0 Å². The third-order valence-corrected chi connectivity index (χ3v) is 2.76. The van der Waals surface area contributed by atoms with Crippen LogP contribution in [0.3, 0.4) is 0 Å². The Morgan fingerprint density at radius 2 is 1.80 bits per heavy atom. The van der Waals surface area contributed by atoms with E-state index in [4.69, 9.17) is 0 Å². The Bertz CT molecular complexity index is 85.7. The number of hydrogen-bond acceptors (Lipinski definition) is 1. The summed E-state index contributed by atoms with van der Waals surface area (Å²) in [5, 5.41) is 0. The topological polar surface area (TPSA) is 12.0 Å². The molecular weight excluding hydrogens is 138 g/mol. The summed E-state index contributed by atoms with van der Waals surface area (Å²) in [6.45, 7) is 11.6. The molecule has 0 amide bonds. The maximum absolute atomic E-state index is 3.66. The first kappa shape index (κ1) is 10.2. The van der Waals surface area contributed by atoms with Crippen molar-refractivity contribution in [1.82, 2.24) is 4.98 Å². The number of hydrogen-bond donors (Lipinski definition) is 1. The molecular formula is C8H21NSi. The van der Waals surface area contributed by atoms with E-state index in [0.717, 1.165) is 6.04 Å². The van der Waals surface area contributed by atoms with Gasteiger partial charge in [-0.25, -0.2) is 0 Å².